The quantitative estimate of drug-likeness (QED) is 0.666. The highest BCUT2D eigenvalue weighted by atomic mass is 19.4. The minimum atomic E-state index is -4.44. The Morgan fingerprint density at radius 2 is 1.90 bits per heavy atom. The van der Waals surface area contributed by atoms with Gasteiger partial charge in [0.05, 0.1) is 30.5 Å². The Bertz CT molecular complexity index is 1020. The van der Waals surface area contributed by atoms with Gasteiger partial charge in [0.2, 0.25) is 0 Å². The predicted octanol–water partition coefficient (Wildman–Crippen LogP) is 3.29. The van der Waals surface area contributed by atoms with Crippen LogP contribution in [0.1, 0.15) is 16.8 Å². The van der Waals surface area contributed by atoms with Crippen molar-refractivity contribution in [2.24, 2.45) is 0 Å². The van der Waals surface area contributed by atoms with Crippen LogP contribution in [0.4, 0.5) is 13.2 Å². The molecule has 0 saturated carbocycles. The highest BCUT2D eigenvalue weighted by Gasteiger charge is 2.31. The standard InChI is InChI=1S/C20H20F3N5O/c1-13-10-15(3-5-28-6-8-29-9-7-28)26-17-12-25-19(27-18(13)17)16-11-14(2-4-24-16)20(21,22)23/h2,4,10-12H,3,5-9H2,1H3. The SMILES string of the molecule is Cc1cc(CCN2CCOCC2)nc2cnc(-c3cc(C(F)(F)F)ccn3)nc12. The molecule has 0 unspecified atom stereocenters. The average molecular weight is 403 g/mol. The molecule has 0 spiro atoms. The van der Waals surface area contributed by atoms with Crippen molar-refractivity contribution in [3.63, 3.8) is 0 Å². The predicted molar refractivity (Wildman–Crippen MR) is 101 cm³/mol. The maximum Gasteiger partial charge on any atom is 0.416 e. The van der Waals surface area contributed by atoms with Gasteiger partial charge in [0.1, 0.15) is 11.2 Å². The van der Waals surface area contributed by atoms with E-state index in [1.807, 2.05) is 13.0 Å². The monoisotopic (exact) mass is 403 g/mol. The average Bonchev–Trinajstić information content (AvgIpc) is 2.72. The number of rotatable bonds is 4. The first-order valence-electron chi connectivity index (χ1n) is 9.37. The lowest BCUT2D eigenvalue weighted by molar-refractivity contribution is -0.137. The zero-order chi connectivity index (χ0) is 20.4. The number of hydrogen-bond donors (Lipinski definition) is 0. The summed E-state index contributed by atoms with van der Waals surface area (Å²) in [6, 6.07) is 3.86. The molecule has 0 amide bonds. The molecule has 4 heterocycles. The zero-order valence-electron chi connectivity index (χ0n) is 15.9. The molecule has 0 radical (unpaired) electrons. The lowest BCUT2D eigenvalue weighted by Gasteiger charge is -2.26. The van der Waals surface area contributed by atoms with E-state index in [1.165, 1.54) is 0 Å². The molecule has 1 aliphatic rings. The van der Waals surface area contributed by atoms with Crippen molar-refractivity contribution in [3.05, 3.63) is 47.4 Å². The van der Waals surface area contributed by atoms with Crippen molar-refractivity contribution in [1.82, 2.24) is 24.8 Å². The Balaban J connectivity index is 1.59. The van der Waals surface area contributed by atoms with Crippen molar-refractivity contribution in [2.75, 3.05) is 32.8 Å². The van der Waals surface area contributed by atoms with Crippen LogP contribution in [0.15, 0.2) is 30.6 Å². The summed E-state index contributed by atoms with van der Waals surface area (Å²) in [5.41, 5.74) is 2.39. The number of pyridine rings is 2. The Morgan fingerprint density at radius 3 is 2.66 bits per heavy atom. The van der Waals surface area contributed by atoms with E-state index in [1.54, 1.807) is 6.20 Å². The molecular formula is C20H20F3N5O. The van der Waals surface area contributed by atoms with Crippen molar-refractivity contribution in [3.8, 4) is 11.5 Å². The number of aromatic nitrogens is 4. The van der Waals surface area contributed by atoms with Gasteiger partial charge < -0.3 is 4.74 Å². The maximum atomic E-state index is 13.0. The minimum absolute atomic E-state index is 0.0810. The third kappa shape index (κ3) is 4.51. The molecule has 0 N–H and O–H groups in total. The molecule has 0 aliphatic carbocycles. The largest absolute Gasteiger partial charge is 0.416 e. The van der Waals surface area contributed by atoms with E-state index < -0.39 is 11.7 Å². The second kappa shape index (κ2) is 8.00. The molecule has 152 valence electrons. The van der Waals surface area contributed by atoms with Crippen molar-refractivity contribution >= 4 is 11.0 Å². The van der Waals surface area contributed by atoms with E-state index in [4.69, 9.17) is 4.74 Å². The number of hydrogen-bond acceptors (Lipinski definition) is 6. The summed E-state index contributed by atoms with van der Waals surface area (Å²) < 4.78 is 44.3. The van der Waals surface area contributed by atoms with Gasteiger partial charge in [0.25, 0.3) is 0 Å². The van der Waals surface area contributed by atoms with Gasteiger partial charge in [-0.05, 0) is 30.7 Å². The van der Waals surface area contributed by atoms with Gasteiger partial charge >= 0.3 is 6.18 Å². The maximum absolute atomic E-state index is 13.0. The molecule has 1 fully saturated rings. The molecular weight excluding hydrogens is 383 g/mol. The summed E-state index contributed by atoms with van der Waals surface area (Å²) in [4.78, 5) is 19.6. The van der Waals surface area contributed by atoms with Gasteiger partial charge in [-0.1, -0.05) is 0 Å². The van der Waals surface area contributed by atoms with E-state index in [0.717, 1.165) is 68.9 Å². The number of ether oxygens (including phenoxy) is 1. The highest BCUT2D eigenvalue weighted by Crippen LogP contribution is 2.30. The number of morpholine rings is 1. The second-order valence-corrected chi connectivity index (χ2v) is 6.99. The molecule has 3 aromatic rings. The smallest absolute Gasteiger partial charge is 0.379 e. The fourth-order valence-electron chi connectivity index (χ4n) is 3.33. The number of fused-ring (bicyclic) bond motifs is 1. The van der Waals surface area contributed by atoms with Crippen LogP contribution < -0.4 is 0 Å². The van der Waals surface area contributed by atoms with Gasteiger partial charge in [0, 0.05) is 37.9 Å². The Labute approximate surface area is 165 Å². The number of aryl methyl sites for hydroxylation is 1. The van der Waals surface area contributed by atoms with Crippen LogP contribution >= 0.6 is 0 Å². The summed E-state index contributed by atoms with van der Waals surface area (Å²) in [5.74, 6) is 0.148. The Kier molecular flexibility index (Phi) is 5.42. The van der Waals surface area contributed by atoms with E-state index >= 15 is 0 Å². The van der Waals surface area contributed by atoms with Crippen LogP contribution in [0.2, 0.25) is 0 Å². The number of alkyl halides is 3. The van der Waals surface area contributed by atoms with Crippen LogP contribution in [0.3, 0.4) is 0 Å². The summed E-state index contributed by atoms with van der Waals surface area (Å²) in [7, 11) is 0. The van der Waals surface area contributed by atoms with Crippen LogP contribution in [-0.4, -0.2) is 57.7 Å². The van der Waals surface area contributed by atoms with Crippen molar-refractivity contribution < 1.29 is 17.9 Å². The molecule has 1 saturated heterocycles. The fourth-order valence-corrected chi connectivity index (χ4v) is 3.33. The first kappa shape index (κ1) is 19.7. The van der Waals surface area contributed by atoms with E-state index in [0.29, 0.717) is 11.0 Å². The fraction of sp³-hybridized carbons (Fsp3) is 0.400. The minimum Gasteiger partial charge on any atom is -0.379 e. The molecule has 3 aromatic heterocycles. The van der Waals surface area contributed by atoms with Gasteiger partial charge in [-0.25, -0.2) is 15.0 Å². The van der Waals surface area contributed by atoms with Crippen LogP contribution in [0, 0.1) is 6.92 Å². The third-order valence-corrected chi connectivity index (χ3v) is 4.89. The van der Waals surface area contributed by atoms with Crippen molar-refractivity contribution in [2.45, 2.75) is 19.5 Å². The van der Waals surface area contributed by atoms with E-state index in [2.05, 4.69) is 24.8 Å². The van der Waals surface area contributed by atoms with Crippen LogP contribution in [0.25, 0.3) is 22.6 Å². The second-order valence-electron chi connectivity index (χ2n) is 6.99. The van der Waals surface area contributed by atoms with Gasteiger partial charge in [-0.15, -0.1) is 0 Å². The summed E-state index contributed by atoms with van der Waals surface area (Å²) in [6.45, 7) is 6.16. The van der Waals surface area contributed by atoms with E-state index in [9.17, 15) is 13.2 Å². The normalized spacial score (nSPS) is 15.7. The van der Waals surface area contributed by atoms with E-state index in [-0.39, 0.29) is 11.5 Å². The molecule has 4 rings (SSSR count). The van der Waals surface area contributed by atoms with Crippen LogP contribution in [0.5, 0.6) is 0 Å². The molecule has 0 atom stereocenters. The van der Waals surface area contributed by atoms with Gasteiger partial charge in [-0.3, -0.25) is 9.88 Å². The topological polar surface area (TPSA) is 64.0 Å². The molecule has 0 bridgehead atoms. The molecule has 29 heavy (non-hydrogen) atoms. The molecule has 9 heteroatoms. The van der Waals surface area contributed by atoms with Gasteiger partial charge in [-0.2, -0.15) is 13.2 Å². The van der Waals surface area contributed by atoms with Gasteiger partial charge in [0.15, 0.2) is 5.82 Å². The molecule has 6 nitrogen and oxygen atoms in total. The van der Waals surface area contributed by atoms with Crippen molar-refractivity contribution in [1.29, 1.82) is 0 Å². The first-order chi connectivity index (χ1) is 13.9. The lowest BCUT2D eigenvalue weighted by Crippen LogP contribution is -2.37. The molecule has 0 aromatic carbocycles. The summed E-state index contributed by atoms with van der Waals surface area (Å²) in [6.07, 6.45) is -0.981. The number of nitrogens with zero attached hydrogens (tertiary/aromatic N) is 5. The van der Waals surface area contributed by atoms with Crippen LogP contribution in [-0.2, 0) is 17.3 Å². The lowest BCUT2D eigenvalue weighted by atomic mass is 10.1. The summed E-state index contributed by atoms with van der Waals surface area (Å²) >= 11 is 0. The zero-order valence-corrected chi connectivity index (χ0v) is 15.9. The Hall–Kier alpha value is -2.65. The Morgan fingerprint density at radius 1 is 1.10 bits per heavy atom. The number of halogens is 3. The third-order valence-electron chi connectivity index (χ3n) is 4.89. The highest BCUT2D eigenvalue weighted by molar-refractivity contribution is 5.78. The first-order valence-corrected chi connectivity index (χ1v) is 9.37. The molecule has 1 aliphatic heterocycles. The summed E-state index contributed by atoms with van der Waals surface area (Å²) in [5, 5.41) is 0.